The molecule has 0 bridgehead atoms. The molecule has 0 fully saturated rings. The molecular weight excluding hydrogens is 190 g/mol. The Morgan fingerprint density at radius 3 is 2.67 bits per heavy atom. The van der Waals surface area contributed by atoms with E-state index in [1.54, 1.807) is 0 Å². The predicted molar refractivity (Wildman–Crippen MR) is 61.3 cm³/mol. The van der Waals surface area contributed by atoms with Crippen LogP contribution in [0.5, 0.6) is 0 Å². The molecule has 1 heterocycles. The topological polar surface area (TPSA) is 38.7 Å². The summed E-state index contributed by atoms with van der Waals surface area (Å²) in [7, 11) is 0. The van der Waals surface area contributed by atoms with Crippen LogP contribution < -0.4 is 0 Å². The molecule has 0 N–H and O–H groups in total. The lowest BCUT2D eigenvalue weighted by Gasteiger charge is -2.01. The number of hydrogen-bond acceptors (Lipinski definition) is 3. The van der Waals surface area contributed by atoms with Gasteiger partial charge in [0.1, 0.15) is 6.61 Å². The minimum absolute atomic E-state index is 0.0861. The number of nitrogens with zero attached hydrogens (tertiary/aromatic N) is 1. The van der Waals surface area contributed by atoms with Crippen molar-refractivity contribution in [2.45, 2.75) is 51.9 Å². The van der Waals surface area contributed by atoms with Gasteiger partial charge < -0.3 is 4.74 Å². The van der Waals surface area contributed by atoms with Crippen LogP contribution in [0.25, 0.3) is 0 Å². The maximum Gasteiger partial charge on any atom is 0.253 e. The van der Waals surface area contributed by atoms with E-state index in [1.165, 1.54) is 25.7 Å². The summed E-state index contributed by atoms with van der Waals surface area (Å²) in [4.78, 5) is 15.5. The molecule has 0 spiro atoms. The molecule has 0 unspecified atom stereocenters. The second-order valence-corrected chi connectivity index (χ2v) is 3.98. The number of carbonyl (C=O) groups is 1. The quantitative estimate of drug-likeness (QED) is 0.579. The van der Waals surface area contributed by atoms with Gasteiger partial charge in [-0.2, -0.15) is 0 Å². The lowest BCUT2D eigenvalue weighted by Crippen LogP contribution is -2.13. The van der Waals surface area contributed by atoms with E-state index in [-0.39, 0.29) is 5.78 Å². The summed E-state index contributed by atoms with van der Waals surface area (Å²) >= 11 is 0. The molecule has 15 heavy (non-hydrogen) atoms. The second kappa shape index (κ2) is 7.43. The monoisotopic (exact) mass is 211 g/mol. The molecule has 3 nitrogen and oxygen atoms in total. The zero-order chi connectivity index (χ0) is 10.9. The molecule has 0 aromatic heterocycles. The van der Waals surface area contributed by atoms with E-state index in [0.717, 1.165) is 12.8 Å². The van der Waals surface area contributed by atoms with Crippen LogP contribution in [0.4, 0.5) is 0 Å². The van der Waals surface area contributed by atoms with Crippen LogP contribution in [0.15, 0.2) is 4.99 Å². The molecule has 1 aliphatic rings. The Bertz CT molecular complexity index is 224. The Labute approximate surface area is 91.9 Å². The fraction of sp³-hybridized carbons (Fsp3) is 0.833. The summed E-state index contributed by atoms with van der Waals surface area (Å²) in [5, 5.41) is 0. The van der Waals surface area contributed by atoms with Crippen LogP contribution in [0, 0.1) is 0 Å². The van der Waals surface area contributed by atoms with Gasteiger partial charge in [-0.15, -0.1) is 0 Å². The van der Waals surface area contributed by atoms with Gasteiger partial charge in [0.05, 0.1) is 6.54 Å². The van der Waals surface area contributed by atoms with Crippen molar-refractivity contribution in [1.82, 2.24) is 0 Å². The van der Waals surface area contributed by atoms with Gasteiger partial charge in [0.15, 0.2) is 0 Å². The Morgan fingerprint density at radius 2 is 2.00 bits per heavy atom. The van der Waals surface area contributed by atoms with E-state index in [0.29, 0.717) is 25.5 Å². The molecule has 0 radical (unpaired) electrons. The van der Waals surface area contributed by atoms with Gasteiger partial charge in [-0.3, -0.25) is 4.79 Å². The zero-order valence-corrected chi connectivity index (χ0v) is 9.63. The normalized spacial score (nSPS) is 14.9. The molecule has 0 saturated carbocycles. The first kappa shape index (κ1) is 12.2. The third-order valence-electron chi connectivity index (χ3n) is 2.58. The average Bonchev–Trinajstić information content (AvgIpc) is 2.76. The number of ether oxygens (including phenoxy) is 1. The third kappa shape index (κ3) is 4.96. The number of aliphatic imine (C=N–C) groups is 1. The van der Waals surface area contributed by atoms with E-state index < -0.39 is 0 Å². The number of carbonyl (C=O) groups excluding carboxylic acids is 1. The summed E-state index contributed by atoms with van der Waals surface area (Å²) in [5.74, 6) is 0.451. The van der Waals surface area contributed by atoms with Crippen molar-refractivity contribution >= 4 is 11.7 Å². The average molecular weight is 211 g/mol. The first-order valence-electron chi connectivity index (χ1n) is 6.05. The molecule has 1 rings (SSSR count). The van der Waals surface area contributed by atoms with Gasteiger partial charge in [0.25, 0.3) is 5.90 Å². The molecule has 0 atom stereocenters. The highest BCUT2D eigenvalue weighted by Gasteiger charge is 2.15. The summed E-state index contributed by atoms with van der Waals surface area (Å²) in [6.07, 6.45) is 7.85. The van der Waals surface area contributed by atoms with Crippen LogP contribution in [-0.4, -0.2) is 24.8 Å². The summed E-state index contributed by atoms with van der Waals surface area (Å²) in [5.41, 5.74) is 0. The van der Waals surface area contributed by atoms with Crippen LogP contribution in [0.3, 0.4) is 0 Å². The van der Waals surface area contributed by atoms with Crippen LogP contribution >= 0.6 is 0 Å². The Morgan fingerprint density at radius 1 is 1.27 bits per heavy atom. The maximum absolute atomic E-state index is 11.5. The SMILES string of the molecule is CCCCCCCCC(=O)C1=NCCO1. The van der Waals surface area contributed by atoms with Crippen LogP contribution in [0.1, 0.15) is 51.9 Å². The highest BCUT2D eigenvalue weighted by atomic mass is 16.5. The van der Waals surface area contributed by atoms with Gasteiger partial charge >= 0.3 is 0 Å². The number of hydrogen-bond donors (Lipinski definition) is 0. The summed E-state index contributed by atoms with van der Waals surface area (Å²) in [6, 6.07) is 0. The lowest BCUT2D eigenvalue weighted by atomic mass is 10.1. The fourth-order valence-electron chi connectivity index (χ4n) is 1.68. The molecule has 3 heteroatoms. The van der Waals surface area contributed by atoms with Crippen molar-refractivity contribution in [2.24, 2.45) is 4.99 Å². The van der Waals surface area contributed by atoms with Gasteiger partial charge in [-0.1, -0.05) is 39.0 Å². The van der Waals surface area contributed by atoms with Crippen LogP contribution in [0.2, 0.25) is 0 Å². The highest BCUT2D eigenvalue weighted by Crippen LogP contribution is 2.08. The van der Waals surface area contributed by atoms with Crippen molar-refractivity contribution in [3.8, 4) is 0 Å². The largest absolute Gasteiger partial charge is 0.473 e. The van der Waals surface area contributed by atoms with E-state index in [9.17, 15) is 4.79 Å². The standard InChI is InChI=1S/C12H21NO2/c1-2-3-4-5-6-7-8-11(14)12-13-9-10-15-12/h2-10H2,1H3. The smallest absolute Gasteiger partial charge is 0.253 e. The number of rotatable bonds is 8. The molecule has 1 aliphatic heterocycles. The van der Waals surface area contributed by atoms with E-state index in [4.69, 9.17) is 4.74 Å². The van der Waals surface area contributed by atoms with Gasteiger partial charge in [0.2, 0.25) is 5.78 Å². The molecule has 0 saturated heterocycles. The molecule has 0 amide bonds. The summed E-state index contributed by atoms with van der Waals surface area (Å²) in [6.45, 7) is 3.44. The second-order valence-electron chi connectivity index (χ2n) is 3.98. The Balaban J connectivity index is 1.97. The molecule has 86 valence electrons. The van der Waals surface area contributed by atoms with E-state index in [2.05, 4.69) is 11.9 Å². The molecule has 0 aliphatic carbocycles. The zero-order valence-electron chi connectivity index (χ0n) is 9.63. The van der Waals surface area contributed by atoms with Crippen LogP contribution in [-0.2, 0) is 9.53 Å². The van der Waals surface area contributed by atoms with Gasteiger partial charge in [-0.05, 0) is 6.42 Å². The van der Waals surface area contributed by atoms with E-state index in [1.807, 2.05) is 0 Å². The van der Waals surface area contributed by atoms with Crippen molar-refractivity contribution in [1.29, 1.82) is 0 Å². The summed E-state index contributed by atoms with van der Waals surface area (Å²) < 4.78 is 5.11. The Hall–Kier alpha value is -0.860. The van der Waals surface area contributed by atoms with Gasteiger partial charge in [0, 0.05) is 6.42 Å². The van der Waals surface area contributed by atoms with Gasteiger partial charge in [-0.25, -0.2) is 4.99 Å². The number of Topliss-reactive ketones (excluding diaryl/α,β-unsaturated/α-hetero) is 1. The lowest BCUT2D eigenvalue weighted by molar-refractivity contribution is -0.114. The Kier molecular flexibility index (Phi) is 6.05. The van der Waals surface area contributed by atoms with Crippen molar-refractivity contribution in [3.63, 3.8) is 0 Å². The van der Waals surface area contributed by atoms with Crippen molar-refractivity contribution in [3.05, 3.63) is 0 Å². The minimum atomic E-state index is 0.0861. The first-order chi connectivity index (χ1) is 7.34. The molecule has 0 aromatic rings. The fourth-order valence-corrected chi connectivity index (χ4v) is 1.68. The first-order valence-corrected chi connectivity index (χ1v) is 6.05. The minimum Gasteiger partial charge on any atom is -0.473 e. The number of unbranched alkanes of at least 4 members (excludes halogenated alkanes) is 5. The number of ketones is 1. The van der Waals surface area contributed by atoms with E-state index >= 15 is 0 Å². The predicted octanol–water partition coefficient (Wildman–Crippen LogP) is 2.73. The molecular formula is C12H21NO2. The van der Waals surface area contributed by atoms with Crippen molar-refractivity contribution < 1.29 is 9.53 Å². The molecule has 0 aromatic carbocycles. The third-order valence-corrected chi connectivity index (χ3v) is 2.58. The highest BCUT2D eigenvalue weighted by molar-refractivity contribution is 6.36. The van der Waals surface area contributed by atoms with Crippen molar-refractivity contribution in [2.75, 3.05) is 13.2 Å². The maximum atomic E-state index is 11.5.